The van der Waals surface area contributed by atoms with E-state index in [2.05, 4.69) is 69.4 Å². The number of hydrogen-bond acceptors (Lipinski definition) is 6. The first-order chi connectivity index (χ1) is 32.0. The number of hydrogen-bond donors (Lipinski definition) is 0. The Morgan fingerprint density at radius 2 is 0.585 bits per heavy atom. The average molecular weight is 911 g/mol. The van der Waals surface area contributed by atoms with Gasteiger partial charge in [0.15, 0.2) is 6.10 Å². The van der Waals surface area contributed by atoms with Crippen LogP contribution in [0.25, 0.3) is 0 Å². The van der Waals surface area contributed by atoms with E-state index >= 15 is 0 Å². The van der Waals surface area contributed by atoms with Crippen molar-refractivity contribution in [3.63, 3.8) is 0 Å². The summed E-state index contributed by atoms with van der Waals surface area (Å²) in [6, 6.07) is 0. The monoisotopic (exact) mass is 911 g/mol. The molecule has 0 aromatic heterocycles. The summed E-state index contributed by atoms with van der Waals surface area (Å²) in [4.78, 5) is 38.0. The first-order valence-corrected chi connectivity index (χ1v) is 28.1. The van der Waals surface area contributed by atoms with Crippen LogP contribution in [0.15, 0.2) is 48.6 Å². The van der Waals surface area contributed by atoms with E-state index in [1.54, 1.807) is 0 Å². The molecule has 0 aliphatic heterocycles. The lowest BCUT2D eigenvalue weighted by molar-refractivity contribution is -0.167. The molecule has 0 aromatic rings. The van der Waals surface area contributed by atoms with E-state index in [0.717, 1.165) is 64.2 Å². The molecule has 0 N–H and O–H groups in total. The standard InChI is InChI=1S/C59H106O6/c1-4-7-10-13-16-19-22-24-26-28-29-31-33-35-38-41-44-47-50-53-59(62)65-56(54-63-57(60)51-48-45-42-39-36-21-18-15-12-9-6-3)55-64-58(61)52-49-46-43-40-37-34-32-30-27-25-23-20-17-14-11-8-5-2/h15,18,25,27,32,34,40,43,56H,4-14,16-17,19-24,26,28-31,33,35-39,41-42,44-55H2,1-3H3/b18-15-,27-25-,34-32-,43-40-/t56-/m0/s1. The molecule has 378 valence electrons. The van der Waals surface area contributed by atoms with Crippen molar-refractivity contribution in [2.24, 2.45) is 0 Å². The maximum Gasteiger partial charge on any atom is 0.306 e. The second-order valence-electron chi connectivity index (χ2n) is 18.8. The molecule has 6 heteroatoms. The number of esters is 3. The van der Waals surface area contributed by atoms with Crippen LogP contribution in [0.2, 0.25) is 0 Å². The van der Waals surface area contributed by atoms with E-state index in [4.69, 9.17) is 14.2 Å². The highest BCUT2D eigenvalue weighted by molar-refractivity contribution is 5.71. The summed E-state index contributed by atoms with van der Waals surface area (Å²) in [6.45, 7) is 6.57. The zero-order valence-corrected chi connectivity index (χ0v) is 43.3. The number of carbonyl (C=O) groups excluding carboxylic acids is 3. The first-order valence-electron chi connectivity index (χ1n) is 28.1. The van der Waals surface area contributed by atoms with Crippen molar-refractivity contribution in [1.29, 1.82) is 0 Å². The Morgan fingerprint density at radius 3 is 0.985 bits per heavy atom. The predicted octanol–water partition coefficient (Wildman–Crippen LogP) is 18.7. The third-order valence-electron chi connectivity index (χ3n) is 12.3. The van der Waals surface area contributed by atoms with Crippen molar-refractivity contribution in [3.05, 3.63) is 48.6 Å². The zero-order valence-electron chi connectivity index (χ0n) is 43.3. The molecule has 0 aliphatic rings. The Kier molecular flexibility index (Phi) is 51.8. The van der Waals surface area contributed by atoms with Crippen LogP contribution in [0, 0.1) is 0 Å². The molecule has 0 heterocycles. The molecule has 65 heavy (non-hydrogen) atoms. The van der Waals surface area contributed by atoms with E-state index in [1.807, 2.05) is 0 Å². The normalized spacial score (nSPS) is 12.4. The van der Waals surface area contributed by atoms with Gasteiger partial charge in [-0.2, -0.15) is 0 Å². The summed E-state index contributed by atoms with van der Waals surface area (Å²) in [6.07, 6.45) is 65.4. The molecule has 1 atom stereocenters. The number of rotatable bonds is 51. The van der Waals surface area contributed by atoms with Crippen LogP contribution in [0.3, 0.4) is 0 Å². The van der Waals surface area contributed by atoms with E-state index in [9.17, 15) is 14.4 Å². The van der Waals surface area contributed by atoms with Crippen LogP contribution in [-0.2, 0) is 28.6 Å². The minimum absolute atomic E-state index is 0.0907. The molecule has 6 nitrogen and oxygen atoms in total. The van der Waals surface area contributed by atoms with Crippen LogP contribution in [-0.4, -0.2) is 37.2 Å². The van der Waals surface area contributed by atoms with Gasteiger partial charge in [-0.3, -0.25) is 14.4 Å². The van der Waals surface area contributed by atoms with Crippen LogP contribution >= 0.6 is 0 Å². The lowest BCUT2D eigenvalue weighted by atomic mass is 10.0. The molecule has 0 bridgehead atoms. The van der Waals surface area contributed by atoms with E-state index in [-0.39, 0.29) is 31.1 Å². The summed E-state index contributed by atoms with van der Waals surface area (Å²) in [7, 11) is 0. The summed E-state index contributed by atoms with van der Waals surface area (Å²) in [5.41, 5.74) is 0. The predicted molar refractivity (Wildman–Crippen MR) is 279 cm³/mol. The summed E-state index contributed by atoms with van der Waals surface area (Å²) >= 11 is 0. The highest BCUT2D eigenvalue weighted by atomic mass is 16.6. The van der Waals surface area contributed by atoms with Gasteiger partial charge in [-0.1, -0.05) is 249 Å². The molecule has 0 radical (unpaired) electrons. The van der Waals surface area contributed by atoms with Gasteiger partial charge >= 0.3 is 17.9 Å². The van der Waals surface area contributed by atoms with Gasteiger partial charge in [0.25, 0.3) is 0 Å². The molecule has 0 unspecified atom stereocenters. The fraction of sp³-hybridized carbons (Fsp3) is 0.814. The van der Waals surface area contributed by atoms with Crippen molar-refractivity contribution in [2.45, 2.75) is 297 Å². The second-order valence-corrected chi connectivity index (χ2v) is 18.8. The molecule has 0 fully saturated rings. The third-order valence-corrected chi connectivity index (χ3v) is 12.3. The van der Waals surface area contributed by atoms with Crippen molar-refractivity contribution >= 4 is 17.9 Å². The molecular formula is C59H106O6. The fourth-order valence-corrected chi connectivity index (χ4v) is 8.03. The van der Waals surface area contributed by atoms with Crippen LogP contribution in [0.4, 0.5) is 0 Å². The van der Waals surface area contributed by atoms with Gasteiger partial charge in [-0.25, -0.2) is 0 Å². The molecule has 0 saturated heterocycles. The minimum atomic E-state index is -0.793. The number of allylic oxidation sites excluding steroid dienone is 8. The van der Waals surface area contributed by atoms with Gasteiger partial charge in [0.1, 0.15) is 13.2 Å². The smallest absolute Gasteiger partial charge is 0.306 e. The van der Waals surface area contributed by atoms with Crippen LogP contribution in [0.5, 0.6) is 0 Å². The largest absolute Gasteiger partial charge is 0.462 e. The molecule has 0 aliphatic carbocycles. The summed E-state index contributed by atoms with van der Waals surface area (Å²) in [5.74, 6) is -0.942. The first kappa shape index (κ1) is 62.4. The molecule has 0 aromatic carbocycles. The van der Waals surface area contributed by atoms with E-state index < -0.39 is 6.10 Å². The topological polar surface area (TPSA) is 78.9 Å². The lowest BCUT2D eigenvalue weighted by Gasteiger charge is -2.18. The minimum Gasteiger partial charge on any atom is -0.462 e. The SMILES string of the molecule is CCCC/C=C\CCCCCCCC(=O)OC[C@@H](COC(=O)CCC/C=C\C/C=C\C/C=C\CCCCCCCC)OC(=O)CCCCCCCCCCCCCCCCCCCCC. The Balaban J connectivity index is 4.38. The Morgan fingerprint density at radius 1 is 0.308 bits per heavy atom. The van der Waals surface area contributed by atoms with Gasteiger partial charge in [0.05, 0.1) is 0 Å². The van der Waals surface area contributed by atoms with Gasteiger partial charge in [0.2, 0.25) is 0 Å². The highest BCUT2D eigenvalue weighted by Gasteiger charge is 2.19. The van der Waals surface area contributed by atoms with Gasteiger partial charge in [-0.15, -0.1) is 0 Å². The van der Waals surface area contributed by atoms with Crippen LogP contribution < -0.4 is 0 Å². The number of unbranched alkanes of at least 4 members (excludes halogenated alkanes) is 32. The van der Waals surface area contributed by atoms with Crippen molar-refractivity contribution in [2.75, 3.05) is 13.2 Å². The Hall–Kier alpha value is -2.63. The Labute approximate surface area is 403 Å². The Bertz CT molecular complexity index is 1140. The quantitative estimate of drug-likeness (QED) is 0.0262. The molecule has 0 saturated carbocycles. The van der Waals surface area contributed by atoms with Crippen LogP contribution in [0.1, 0.15) is 290 Å². The number of carbonyl (C=O) groups is 3. The van der Waals surface area contributed by atoms with E-state index in [0.29, 0.717) is 25.7 Å². The highest BCUT2D eigenvalue weighted by Crippen LogP contribution is 2.16. The van der Waals surface area contributed by atoms with Crippen molar-refractivity contribution < 1.29 is 28.6 Å². The van der Waals surface area contributed by atoms with Gasteiger partial charge in [0, 0.05) is 19.3 Å². The molecule has 0 rings (SSSR count). The molecule has 0 amide bonds. The maximum absolute atomic E-state index is 12.8. The van der Waals surface area contributed by atoms with Gasteiger partial charge in [-0.05, 0) is 70.6 Å². The molecule has 0 spiro atoms. The average Bonchev–Trinajstić information content (AvgIpc) is 3.30. The second kappa shape index (κ2) is 54.0. The number of ether oxygens (including phenoxy) is 3. The lowest BCUT2D eigenvalue weighted by Crippen LogP contribution is -2.30. The van der Waals surface area contributed by atoms with Crippen molar-refractivity contribution in [1.82, 2.24) is 0 Å². The summed E-state index contributed by atoms with van der Waals surface area (Å²) in [5, 5.41) is 0. The molecular weight excluding hydrogens is 805 g/mol. The van der Waals surface area contributed by atoms with Gasteiger partial charge < -0.3 is 14.2 Å². The van der Waals surface area contributed by atoms with E-state index in [1.165, 1.54) is 180 Å². The summed E-state index contributed by atoms with van der Waals surface area (Å²) < 4.78 is 16.8. The third kappa shape index (κ3) is 52.2. The maximum atomic E-state index is 12.8. The van der Waals surface area contributed by atoms with Crippen molar-refractivity contribution in [3.8, 4) is 0 Å². The zero-order chi connectivity index (χ0) is 47.2. The fourth-order valence-electron chi connectivity index (χ4n) is 8.03.